The van der Waals surface area contributed by atoms with E-state index in [9.17, 15) is 0 Å². The monoisotopic (exact) mass is 179 g/mol. The predicted molar refractivity (Wildman–Crippen MR) is 53.5 cm³/mol. The first-order valence-corrected chi connectivity index (χ1v) is 4.76. The Morgan fingerprint density at radius 1 is 1.31 bits per heavy atom. The van der Waals surface area contributed by atoms with Crippen molar-refractivity contribution in [1.29, 1.82) is 0 Å². The minimum absolute atomic E-state index is 0.257. The van der Waals surface area contributed by atoms with Gasteiger partial charge in [-0.25, -0.2) is 5.01 Å². The molecule has 0 amide bonds. The highest BCUT2D eigenvalue weighted by Gasteiger charge is 2.41. The lowest BCUT2D eigenvalue weighted by Crippen LogP contribution is -2.43. The molecule has 1 spiro atoms. The molecule has 0 atom stereocenters. The molecule has 0 aromatic rings. The lowest BCUT2D eigenvalue weighted by atomic mass is 9.76. The van der Waals surface area contributed by atoms with Crippen molar-refractivity contribution in [2.45, 2.75) is 19.3 Å². The number of rotatable bonds is 0. The number of hydrazine groups is 1. The molecule has 0 unspecified atom stereocenters. The van der Waals surface area contributed by atoms with Gasteiger partial charge in [-0.3, -0.25) is 5.84 Å². The molecular formula is C10H17N3. The summed E-state index contributed by atoms with van der Waals surface area (Å²) in [5, 5.41) is 5.13. The molecule has 2 aliphatic rings. The van der Waals surface area contributed by atoms with Crippen molar-refractivity contribution < 1.29 is 0 Å². The molecule has 3 N–H and O–H groups in total. The van der Waals surface area contributed by atoms with E-state index in [1.54, 1.807) is 0 Å². The van der Waals surface area contributed by atoms with Crippen molar-refractivity contribution in [3.8, 4) is 0 Å². The van der Waals surface area contributed by atoms with Crippen molar-refractivity contribution in [2.24, 2.45) is 11.3 Å². The molecule has 0 aromatic heterocycles. The van der Waals surface area contributed by atoms with E-state index in [0.717, 1.165) is 43.7 Å². The minimum atomic E-state index is 0.257. The average Bonchev–Trinajstić information content (AvgIpc) is 2.34. The third-order valence-corrected chi connectivity index (χ3v) is 3.27. The Kier molecular flexibility index (Phi) is 1.93. The molecule has 0 bridgehead atoms. The van der Waals surface area contributed by atoms with Gasteiger partial charge in [-0.1, -0.05) is 13.2 Å². The van der Waals surface area contributed by atoms with Crippen LogP contribution in [0.4, 0.5) is 0 Å². The molecule has 72 valence electrons. The number of allylic oxidation sites excluding steroid dienone is 2. The van der Waals surface area contributed by atoms with Crippen LogP contribution in [0.5, 0.6) is 0 Å². The van der Waals surface area contributed by atoms with Gasteiger partial charge in [-0.05, 0) is 19.3 Å². The smallest absolute Gasteiger partial charge is 0.0177 e. The summed E-state index contributed by atoms with van der Waals surface area (Å²) in [6, 6.07) is 0. The predicted octanol–water partition coefficient (Wildman–Crippen LogP) is 0.963. The van der Waals surface area contributed by atoms with Crippen LogP contribution >= 0.6 is 0 Å². The van der Waals surface area contributed by atoms with E-state index in [2.05, 4.69) is 18.5 Å². The summed E-state index contributed by atoms with van der Waals surface area (Å²) in [5.41, 5.74) is 2.51. The van der Waals surface area contributed by atoms with E-state index in [0.29, 0.717) is 0 Å². The highest BCUT2D eigenvalue weighted by atomic mass is 15.4. The van der Waals surface area contributed by atoms with Crippen LogP contribution in [0.25, 0.3) is 0 Å². The summed E-state index contributed by atoms with van der Waals surface area (Å²) in [5.74, 6) is 5.73. The van der Waals surface area contributed by atoms with Crippen LogP contribution in [-0.2, 0) is 0 Å². The van der Waals surface area contributed by atoms with Crippen molar-refractivity contribution >= 4 is 0 Å². The maximum absolute atomic E-state index is 5.73. The Morgan fingerprint density at radius 3 is 2.38 bits per heavy atom. The Balaban J connectivity index is 2.13. The summed E-state index contributed by atoms with van der Waals surface area (Å²) in [6.45, 7) is 9.96. The van der Waals surface area contributed by atoms with Gasteiger partial charge in [0.1, 0.15) is 0 Å². The van der Waals surface area contributed by atoms with Gasteiger partial charge >= 0.3 is 0 Å². The summed E-state index contributed by atoms with van der Waals surface area (Å²) in [6.07, 6.45) is 3.25. The Labute approximate surface area is 79.3 Å². The number of hydrogen-bond acceptors (Lipinski definition) is 3. The number of piperidine rings is 1. The number of nitrogens with one attached hydrogen (secondary N) is 1. The van der Waals surface area contributed by atoms with E-state index in [1.807, 2.05) is 5.01 Å². The molecule has 0 saturated carbocycles. The molecule has 2 heterocycles. The van der Waals surface area contributed by atoms with E-state index >= 15 is 0 Å². The molecule has 2 aliphatic heterocycles. The first kappa shape index (κ1) is 8.78. The van der Waals surface area contributed by atoms with Crippen LogP contribution in [0.1, 0.15) is 19.3 Å². The molecule has 13 heavy (non-hydrogen) atoms. The third kappa shape index (κ3) is 1.38. The van der Waals surface area contributed by atoms with E-state index in [-0.39, 0.29) is 5.41 Å². The minimum Gasteiger partial charge on any atom is -0.363 e. The van der Waals surface area contributed by atoms with Crippen LogP contribution in [0.3, 0.4) is 0 Å². The fraction of sp³-hybridized carbons (Fsp3) is 0.600. The van der Waals surface area contributed by atoms with Crippen LogP contribution in [0, 0.1) is 5.41 Å². The van der Waals surface area contributed by atoms with Crippen molar-refractivity contribution in [1.82, 2.24) is 10.3 Å². The Hall–Kier alpha value is -0.800. The fourth-order valence-corrected chi connectivity index (χ4v) is 2.34. The third-order valence-electron chi connectivity index (χ3n) is 3.27. The summed E-state index contributed by atoms with van der Waals surface area (Å²) >= 11 is 0. The van der Waals surface area contributed by atoms with Gasteiger partial charge in [-0.15, -0.1) is 0 Å². The van der Waals surface area contributed by atoms with Crippen molar-refractivity contribution in [3.63, 3.8) is 0 Å². The zero-order valence-corrected chi connectivity index (χ0v) is 7.97. The zero-order chi connectivity index (χ0) is 9.47. The van der Waals surface area contributed by atoms with Crippen LogP contribution in [0.2, 0.25) is 0 Å². The van der Waals surface area contributed by atoms with E-state index in [4.69, 9.17) is 5.84 Å². The lowest BCUT2D eigenvalue weighted by Gasteiger charge is -2.37. The Bertz CT molecular complexity index is 249. The Morgan fingerprint density at radius 2 is 1.92 bits per heavy atom. The van der Waals surface area contributed by atoms with Gasteiger partial charge in [0.15, 0.2) is 0 Å². The molecule has 0 aromatic carbocycles. The molecular weight excluding hydrogens is 162 g/mol. The quantitative estimate of drug-likeness (QED) is 0.544. The maximum Gasteiger partial charge on any atom is 0.0177 e. The van der Waals surface area contributed by atoms with E-state index in [1.165, 1.54) is 0 Å². The summed E-state index contributed by atoms with van der Waals surface area (Å²) in [7, 11) is 0. The summed E-state index contributed by atoms with van der Waals surface area (Å²) < 4.78 is 0. The number of hydrogen-bond donors (Lipinski definition) is 2. The SMILES string of the molecule is C=C1CC2(CCN(N)CC2)C(=C)N1. The number of nitrogens with zero attached hydrogens (tertiary/aromatic N) is 1. The first-order chi connectivity index (χ1) is 6.12. The highest BCUT2D eigenvalue weighted by molar-refractivity contribution is 5.25. The maximum atomic E-state index is 5.73. The van der Waals surface area contributed by atoms with Gasteiger partial charge in [0, 0.05) is 29.9 Å². The van der Waals surface area contributed by atoms with Crippen LogP contribution in [0.15, 0.2) is 24.6 Å². The van der Waals surface area contributed by atoms with Gasteiger partial charge in [0.25, 0.3) is 0 Å². The fourth-order valence-electron chi connectivity index (χ4n) is 2.34. The molecule has 0 aliphatic carbocycles. The normalized spacial score (nSPS) is 28.1. The second kappa shape index (κ2) is 2.86. The largest absolute Gasteiger partial charge is 0.363 e. The molecule has 2 saturated heterocycles. The number of nitrogens with two attached hydrogens (primary N) is 1. The standard InChI is InChI=1S/C10H17N3/c1-8-7-10(9(2)12-8)3-5-13(11)6-4-10/h12H,1-7,11H2. The molecule has 2 rings (SSSR count). The van der Waals surface area contributed by atoms with Crippen molar-refractivity contribution in [3.05, 3.63) is 24.6 Å². The second-order valence-electron chi connectivity index (χ2n) is 4.20. The van der Waals surface area contributed by atoms with Crippen molar-refractivity contribution in [2.75, 3.05) is 13.1 Å². The van der Waals surface area contributed by atoms with E-state index < -0.39 is 0 Å². The molecule has 0 radical (unpaired) electrons. The topological polar surface area (TPSA) is 41.3 Å². The van der Waals surface area contributed by atoms with Gasteiger partial charge in [0.2, 0.25) is 0 Å². The molecule has 3 nitrogen and oxygen atoms in total. The van der Waals surface area contributed by atoms with Crippen LogP contribution < -0.4 is 11.2 Å². The second-order valence-corrected chi connectivity index (χ2v) is 4.20. The summed E-state index contributed by atoms with van der Waals surface area (Å²) in [4.78, 5) is 0. The molecule has 2 fully saturated rings. The van der Waals surface area contributed by atoms with Gasteiger partial charge in [0.05, 0.1) is 0 Å². The van der Waals surface area contributed by atoms with Crippen LogP contribution in [-0.4, -0.2) is 18.1 Å². The van der Waals surface area contributed by atoms with Gasteiger partial charge in [-0.2, -0.15) is 0 Å². The first-order valence-electron chi connectivity index (χ1n) is 4.76. The lowest BCUT2D eigenvalue weighted by molar-refractivity contribution is 0.140. The highest BCUT2D eigenvalue weighted by Crippen LogP contribution is 2.45. The zero-order valence-electron chi connectivity index (χ0n) is 7.97. The van der Waals surface area contributed by atoms with Gasteiger partial charge < -0.3 is 5.32 Å². The average molecular weight is 179 g/mol. The molecule has 3 heteroatoms.